The Kier molecular flexibility index (Phi) is 4.03. The van der Waals surface area contributed by atoms with Gasteiger partial charge in [0.05, 0.1) is 30.3 Å². The molecule has 0 amide bonds. The lowest BCUT2D eigenvalue weighted by molar-refractivity contribution is -0.144. The van der Waals surface area contributed by atoms with Crippen LogP contribution >= 0.6 is 0 Å². The molecule has 2 aromatic carbocycles. The van der Waals surface area contributed by atoms with Crippen molar-refractivity contribution in [2.75, 3.05) is 6.61 Å². The second-order valence-corrected chi connectivity index (χ2v) is 6.29. The third kappa shape index (κ3) is 2.92. The maximum absolute atomic E-state index is 12.2. The Bertz CT molecular complexity index is 869. The van der Waals surface area contributed by atoms with Crippen LogP contribution in [0.4, 0.5) is 0 Å². The lowest BCUT2D eigenvalue weighted by Gasteiger charge is -2.11. The van der Waals surface area contributed by atoms with Crippen molar-refractivity contribution in [3.8, 4) is 0 Å². The Hall–Kier alpha value is -2.62. The van der Waals surface area contributed by atoms with Crippen molar-refractivity contribution in [2.24, 2.45) is 0 Å². The van der Waals surface area contributed by atoms with Crippen molar-refractivity contribution in [2.45, 2.75) is 31.7 Å². The predicted molar refractivity (Wildman–Crippen MR) is 92.8 cm³/mol. The Balaban J connectivity index is 1.31. The zero-order valence-electron chi connectivity index (χ0n) is 13.5. The minimum Gasteiger partial charge on any atom is -0.464 e. The van der Waals surface area contributed by atoms with Crippen LogP contribution in [0.5, 0.6) is 0 Å². The Labute approximate surface area is 141 Å². The summed E-state index contributed by atoms with van der Waals surface area (Å²) >= 11 is 0. The molecule has 0 aliphatic heterocycles. The molecule has 4 heteroatoms. The lowest BCUT2D eigenvalue weighted by Crippen LogP contribution is -2.13. The number of carbonyl (C=O) groups excluding carboxylic acids is 1. The Morgan fingerprint density at radius 1 is 1.17 bits per heavy atom. The summed E-state index contributed by atoms with van der Waals surface area (Å²) in [5, 5.41) is 0. The van der Waals surface area contributed by atoms with Crippen LogP contribution in [0.25, 0.3) is 11.0 Å². The Morgan fingerprint density at radius 2 is 2.00 bits per heavy atom. The number of hydrogen-bond acceptors (Lipinski definition) is 3. The summed E-state index contributed by atoms with van der Waals surface area (Å²) in [5.41, 5.74) is 4.72. The molecule has 0 spiro atoms. The number of rotatable bonds is 5. The van der Waals surface area contributed by atoms with Crippen LogP contribution in [-0.2, 0) is 22.5 Å². The molecule has 0 N–H and O–H groups in total. The van der Waals surface area contributed by atoms with Gasteiger partial charge in [-0.2, -0.15) is 0 Å². The van der Waals surface area contributed by atoms with Gasteiger partial charge in [-0.25, -0.2) is 4.98 Å². The SMILES string of the molecule is O=C(CC1CCc2ccccc21)OCCn1cnc2ccccc21. The van der Waals surface area contributed by atoms with Gasteiger partial charge in [0.25, 0.3) is 0 Å². The van der Waals surface area contributed by atoms with Crippen LogP contribution < -0.4 is 0 Å². The minimum atomic E-state index is -0.110. The number of fused-ring (bicyclic) bond motifs is 2. The molecule has 4 nitrogen and oxygen atoms in total. The van der Waals surface area contributed by atoms with Gasteiger partial charge in [-0.1, -0.05) is 36.4 Å². The van der Waals surface area contributed by atoms with Crippen LogP contribution in [0.15, 0.2) is 54.9 Å². The molecular formula is C20H20N2O2. The summed E-state index contributed by atoms with van der Waals surface area (Å²) in [6.07, 6.45) is 4.38. The molecule has 24 heavy (non-hydrogen) atoms. The van der Waals surface area contributed by atoms with Gasteiger partial charge >= 0.3 is 5.97 Å². The van der Waals surface area contributed by atoms with Crippen LogP contribution in [-0.4, -0.2) is 22.1 Å². The number of hydrogen-bond donors (Lipinski definition) is 0. The van der Waals surface area contributed by atoms with Gasteiger partial charge in [-0.05, 0) is 42.0 Å². The second-order valence-electron chi connectivity index (χ2n) is 6.29. The molecule has 0 radical (unpaired) electrons. The summed E-state index contributed by atoms with van der Waals surface area (Å²) in [6.45, 7) is 1.01. The van der Waals surface area contributed by atoms with E-state index >= 15 is 0 Å². The van der Waals surface area contributed by atoms with E-state index in [2.05, 4.69) is 23.2 Å². The van der Waals surface area contributed by atoms with E-state index < -0.39 is 0 Å². The highest BCUT2D eigenvalue weighted by Crippen LogP contribution is 2.35. The molecule has 0 fully saturated rings. The third-order valence-electron chi connectivity index (χ3n) is 4.79. The van der Waals surface area contributed by atoms with Gasteiger partial charge in [0.2, 0.25) is 0 Å². The molecule has 1 unspecified atom stereocenters. The van der Waals surface area contributed by atoms with Gasteiger partial charge < -0.3 is 9.30 Å². The number of benzene rings is 2. The fraction of sp³-hybridized carbons (Fsp3) is 0.300. The first-order chi connectivity index (χ1) is 11.8. The molecular weight excluding hydrogens is 300 g/mol. The number of nitrogens with zero attached hydrogens (tertiary/aromatic N) is 2. The molecule has 1 aromatic heterocycles. The van der Waals surface area contributed by atoms with E-state index in [9.17, 15) is 4.79 Å². The largest absolute Gasteiger partial charge is 0.464 e. The lowest BCUT2D eigenvalue weighted by atomic mass is 9.98. The zero-order chi connectivity index (χ0) is 16.4. The molecule has 4 rings (SSSR count). The standard InChI is InChI=1S/C20H20N2O2/c23-20(13-16-10-9-15-5-1-2-6-17(15)16)24-12-11-22-14-21-18-7-3-4-8-19(18)22/h1-8,14,16H,9-13H2. The second kappa shape index (κ2) is 6.48. The van der Waals surface area contributed by atoms with Crippen molar-refractivity contribution >= 4 is 17.0 Å². The number of para-hydroxylation sites is 2. The Morgan fingerprint density at radius 3 is 2.96 bits per heavy atom. The molecule has 0 bridgehead atoms. The van der Waals surface area contributed by atoms with E-state index in [1.54, 1.807) is 6.33 Å². The summed E-state index contributed by atoms with van der Waals surface area (Å²) in [4.78, 5) is 16.5. The highest BCUT2D eigenvalue weighted by atomic mass is 16.5. The first kappa shape index (κ1) is 14.9. The van der Waals surface area contributed by atoms with Crippen molar-refractivity contribution in [3.05, 3.63) is 66.0 Å². The molecule has 0 saturated carbocycles. The van der Waals surface area contributed by atoms with Crippen LogP contribution in [0, 0.1) is 0 Å². The quantitative estimate of drug-likeness (QED) is 0.673. The van der Waals surface area contributed by atoms with Crippen LogP contribution in [0.2, 0.25) is 0 Å². The van der Waals surface area contributed by atoms with Crippen molar-refractivity contribution in [1.29, 1.82) is 0 Å². The normalized spacial score (nSPS) is 16.2. The average Bonchev–Trinajstić information content (AvgIpc) is 3.20. The molecule has 1 aliphatic rings. The fourth-order valence-electron chi connectivity index (χ4n) is 3.56. The topological polar surface area (TPSA) is 44.1 Å². The van der Waals surface area contributed by atoms with Crippen molar-refractivity contribution < 1.29 is 9.53 Å². The van der Waals surface area contributed by atoms with E-state index in [0.29, 0.717) is 25.5 Å². The summed E-state index contributed by atoms with van der Waals surface area (Å²) < 4.78 is 7.47. The first-order valence-corrected chi connectivity index (χ1v) is 8.44. The summed E-state index contributed by atoms with van der Waals surface area (Å²) in [5.74, 6) is 0.198. The van der Waals surface area contributed by atoms with Gasteiger partial charge in [-0.3, -0.25) is 4.79 Å². The maximum Gasteiger partial charge on any atom is 0.306 e. The highest BCUT2D eigenvalue weighted by Gasteiger charge is 2.24. The van der Waals surface area contributed by atoms with E-state index in [-0.39, 0.29) is 5.97 Å². The number of ether oxygens (including phenoxy) is 1. The van der Waals surface area contributed by atoms with Gasteiger partial charge in [0.1, 0.15) is 6.61 Å². The smallest absolute Gasteiger partial charge is 0.306 e. The average molecular weight is 320 g/mol. The molecule has 1 heterocycles. The van der Waals surface area contributed by atoms with E-state index in [1.807, 2.05) is 34.9 Å². The zero-order valence-corrected chi connectivity index (χ0v) is 13.5. The first-order valence-electron chi connectivity index (χ1n) is 8.44. The predicted octanol–water partition coefficient (Wildman–Crippen LogP) is 3.70. The van der Waals surface area contributed by atoms with E-state index in [4.69, 9.17) is 4.74 Å². The van der Waals surface area contributed by atoms with Crippen molar-refractivity contribution in [1.82, 2.24) is 9.55 Å². The van der Waals surface area contributed by atoms with Crippen LogP contribution in [0.3, 0.4) is 0 Å². The van der Waals surface area contributed by atoms with E-state index in [0.717, 1.165) is 23.9 Å². The maximum atomic E-state index is 12.2. The van der Waals surface area contributed by atoms with Gasteiger partial charge in [0, 0.05) is 0 Å². The summed E-state index contributed by atoms with van der Waals surface area (Å²) in [6, 6.07) is 16.4. The number of carbonyl (C=O) groups is 1. The molecule has 122 valence electrons. The van der Waals surface area contributed by atoms with Gasteiger partial charge in [-0.15, -0.1) is 0 Å². The molecule has 1 atom stereocenters. The molecule has 3 aromatic rings. The number of aromatic nitrogens is 2. The third-order valence-corrected chi connectivity index (χ3v) is 4.79. The minimum absolute atomic E-state index is 0.110. The number of esters is 1. The molecule has 1 aliphatic carbocycles. The number of imidazole rings is 1. The fourth-order valence-corrected chi connectivity index (χ4v) is 3.56. The van der Waals surface area contributed by atoms with Gasteiger partial charge in [0.15, 0.2) is 0 Å². The molecule has 0 saturated heterocycles. The number of aryl methyl sites for hydroxylation is 1. The monoisotopic (exact) mass is 320 g/mol. The van der Waals surface area contributed by atoms with Crippen LogP contribution in [0.1, 0.15) is 29.9 Å². The highest BCUT2D eigenvalue weighted by molar-refractivity contribution is 5.75. The summed E-state index contributed by atoms with van der Waals surface area (Å²) in [7, 11) is 0. The van der Waals surface area contributed by atoms with Crippen molar-refractivity contribution in [3.63, 3.8) is 0 Å². The van der Waals surface area contributed by atoms with E-state index in [1.165, 1.54) is 11.1 Å².